The van der Waals surface area contributed by atoms with Crippen molar-refractivity contribution in [3.05, 3.63) is 28.8 Å². The number of aryl methyl sites for hydroxylation is 2. The highest BCUT2D eigenvalue weighted by Gasteiger charge is 2.08. The summed E-state index contributed by atoms with van der Waals surface area (Å²) in [7, 11) is 0. The Balaban J connectivity index is 2.47. The second-order valence-corrected chi connectivity index (χ2v) is 5.12. The Kier molecular flexibility index (Phi) is 5.48. The molecule has 18 heavy (non-hydrogen) atoms. The van der Waals surface area contributed by atoms with Crippen molar-refractivity contribution in [2.45, 2.75) is 33.1 Å². The van der Waals surface area contributed by atoms with E-state index < -0.39 is 5.38 Å². The van der Waals surface area contributed by atoms with Crippen LogP contribution in [-0.4, -0.2) is 24.4 Å². The monoisotopic (exact) mass is 269 g/mol. The van der Waals surface area contributed by atoms with Gasteiger partial charge in [-0.25, -0.2) is 0 Å². The first kappa shape index (κ1) is 14.8. The highest BCUT2D eigenvalue weighted by Crippen LogP contribution is 2.22. The van der Waals surface area contributed by atoms with Crippen LogP contribution in [0.1, 0.15) is 23.6 Å². The maximum absolute atomic E-state index is 11.2. The third kappa shape index (κ3) is 4.22. The Morgan fingerprint density at radius 1 is 1.39 bits per heavy atom. The van der Waals surface area contributed by atoms with E-state index in [-0.39, 0.29) is 5.91 Å². The number of carbonyl (C=O) groups is 1. The van der Waals surface area contributed by atoms with Crippen molar-refractivity contribution >= 4 is 17.5 Å². The molecule has 1 atom stereocenters. The summed E-state index contributed by atoms with van der Waals surface area (Å²) >= 11 is 5.64. The van der Waals surface area contributed by atoms with Gasteiger partial charge in [-0.3, -0.25) is 4.79 Å². The summed E-state index contributed by atoms with van der Waals surface area (Å²) in [6.07, 6.45) is 0. The SMILES string of the molecule is Cc1cc(C)c(C)c(OCCNC(=O)C(C)Cl)c1. The number of hydrogen-bond donors (Lipinski definition) is 1. The van der Waals surface area contributed by atoms with Gasteiger partial charge < -0.3 is 10.1 Å². The van der Waals surface area contributed by atoms with Crippen LogP contribution in [0.3, 0.4) is 0 Å². The third-order valence-corrected chi connectivity index (χ3v) is 2.98. The molecule has 0 fully saturated rings. The molecule has 0 aliphatic heterocycles. The molecule has 3 nitrogen and oxygen atoms in total. The van der Waals surface area contributed by atoms with Crippen molar-refractivity contribution in [3.63, 3.8) is 0 Å². The molecule has 1 N–H and O–H groups in total. The van der Waals surface area contributed by atoms with Crippen LogP contribution in [-0.2, 0) is 4.79 Å². The molecule has 0 aromatic heterocycles. The van der Waals surface area contributed by atoms with E-state index in [0.717, 1.165) is 11.3 Å². The number of halogens is 1. The molecule has 0 radical (unpaired) electrons. The summed E-state index contributed by atoms with van der Waals surface area (Å²) in [6.45, 7) is 8.68. The molecule has 0 bridgehead atoms. The van der Waals surface area contributed by atoms with Gasteiger partial charge in [0, 0.05) is 0 Å². The van der Waals surface area contributed by atoms with E-state index in [1.54, 1.807) is 6.92 Å². The average molecular weight is 270 g/mol. The number of rotatable bonds is 5. The summed E-state index contributed by atoms with van der Waals surface area (Å²) in [6, 6.07) is 4.13. The Hall–Kier alpha value is -1.22. The summed E-state index contributed by atoms with van der Waals surface area (Å²) < 4.78 is 5.67. The molecule has 0 spiro atoms. The maximum atomic E-state index is 11.2. The maximum Gasteiger partial charge on any atom is 0.237 e. The fourth-order valence-electron chi connectivity index (χ4n) is 1.63. The number of ether oxygens (including phenoxy) is 1. The summed E-state index contributed by atoms with van der Waals surface area (Å²) in [5, 5.41) is 2.20. The summed E-state index contributed by atoms with van der Waals surface area (Å²) in [5.41, 5.74) is 3.52. The van der Waals surface area contributed by atoms with Gasteiger partial charge in [-0.15, -0.1) is 11.6 Å². The lowest BCUT2D eigenvalue weighted by atomic mass is 10.1. The van der Waals surface area contributed by atoms with Crippen LogP contribution in [0.15, 0.2) is 12.1 Å². The Labute approximate surface area is 113 Å². The molecule has 1 unspecified atom stereocenters. The fourth-order valence-corrected chi connectivity index (χ4v) is 1.70. The first-order valence-corrected chi connectivity index (χ1v) is 6.48. The zero-order valence-electron chi connectivity index (χ0n) is 11.3. The van der Waals surface area contributed by atoms with Gasteiger partial charge in [0.15, 0.2) is 0 Å². The molecule has 0 saturated carbocycles. The van der Waals surface area contributed by atoms with E-state index in [4.69, 9.17) is 16.3 Å². The molecule has 100 valence electrons. The van der Waals surface area contributed by atoms with Crippen LogP contribution in [0.4, 0.5) is 0 Å². The molecule has 1 amide bonds. The number of carbonyl (C=O) groups excluding carboxylic acids is 1. The Bertz CT molecular complexity index is 430. The molecule has 1 aromatic carbocycles. The molecular formula is C14H20ClNO2. The van der Waals surface area contributed by atoms with Crippen molar-refractivity contribution in [1.29, 1.82) is 0 Å². The van der Waals surface area contributed by atoms with Crippen LogP contribution >= 0.6 is 11.6 Å². The molecule has 0 saturated heterocycles. The van der Waals surface area contributed by atoms with Crippen LogP contribution in [0, 0.1) is 20.8 Å². The van der Waals surface area contributed by atoms with Gasteiger partial charge in [0.05, 0.1) is 6.54 Å². The van der Waals surface area contributed by atoms with Gasteiger partial charge in [0.2, 0.25) is 5.91 Å². The predicted octanol–water partition coefficient (Wildman–Crippen LogP) is 2.73. The first-order chi connectivity index (χ1) is 8.41. The minimum absolute atomic E-state index is 0.169. The van der Waals surface area contributed by atoms with Gasteiger partial charge in [-0.05, 0) is 50.5 Å². The van der Waals surface area contributed by atoms with Crippen LogP contribution < -0.4 is 10.1 Å². The highest BCUT2D eigenvalue weighted by atomic mass is 35.5. The Morgan fingerprint density at radius 3 is 2.67 bits per heavy atom. The molecule has 1 aromatic rings. The van der Waals surface area contributed by atoms with E-state index in [0.29, 0.717) is 13.2 Å². The minimum atomic E-state index is -0.507. The molecule has 1 rings (SSSR count). The summed E-state index contributed by atoms with van der Waals surface area (Å²) in [4.78, 5) is 11.2. The first-order valence-electron chi connectivity index (χ1n) is 6.04. The largest absolute Gasteiger partial charge is 0.491 e. The summed E-state index contributed by atoms with van der Waals surface area (Å²) in [5.74, 6) is 0.707. The van der Waals surface area contributed by atoms with E-state index >= 15 is 0 Å². The van der Waals surface area contributed by atoms with Crippen molar-refractivity contribution in [3.8, 4) is 5.75 Å². The van der Waals surface area contributed by atoms with Crippen LogP contribution in [0.25, 0.3) is 0 Å². The molecule has 0 aliphatic rings. The molecule has 0 heterocycles. The molecule has 4 heteroatoms. The lowest BCUT2D eigenvalue weighted by Gasteiger charge is -2.13. The highest BCUT2D eigenvalue weighted by molar-refractivity contribution is 6.30. The van der Waals surface area contributed by atoms with Gasteiger partial charge in [0.1, 0.15) is 17.7 Å². The van der Waals surface area contributed by atoms with E-state index in [1.165, 1.54) is 11.1 Å². The number of hydrogen-bond acceptors (Lipinski definition) is 2. The molecular weight excluding hydrogens is 250 g/mol. The minimum Gasteiger partial charge on any atom is -0.491 e. The van der Waals surface area contributed by atoms with Crippen molar-refractivity contribution < 1.29 is 9.53 Å². The third-order valence-electron chi connectivity index (χ3n) is 2.78. The second-order valence-electron chi connectivity index (χ2n) is 4.46. The number of alkyl halides is 1. The second kappa shape index (κ2) is 6.64. The average Bonchev–Trinajstić information content (AvgIpc) is 2.29. The lowest BCUT2D eigenvalue weighted by Crippen LogP contribution is -2.32. The number of nitrogens with one attached hydrogen (secondary N) is 1. The van der Waals surface area contributed by atoms with Crippen LogP contribution in [0.2, 0.25) is 0 Å². The van der Waals surface area contributed by atoms with Gasteiger partial charge in [-0.1, -0.05) is 6.07 Å². The zero-order chi connectivity index (χ0) is 13.7. The van der Waals surface area contributed by atoms with Gasteiger partial charge >= 0.3 is 0 Å². The van der Waals surface area contributed by atoms with Gasteiger partial charge in [0.25, 0.3) is 0 Å². The number of amides is 1. The lowest BCUT2D eigenvalue weighted by molar-refractivity contribution is -0.120. The van der Waals surface area contributed by atoms with Crippen molar-refractivity contribution in [1.82, 2.24) is 5.32 Å². The standard InChI is InChI=1S/C14H20ClNO2/c1-9-7-10(2)11(3)13(8-9)18-6-5-16-14(17)12(4)15/h7-8,12H,5-6H2,1-4H3,(H,16,17). The predicted molar refractivity (Wildman–Crippen MR) is 74.5 cm³/mol. The van der Waals surface area contributed by atoms with Crippen LogP contribution in [0.5, 0.6) is 5.75 Å². The van der Waals surface area contributed by atoms with E-state index in [1.807, 2.05) is 19.9 Å². The normalized spacial score (nSPS) is 12.1. The zero-order valence-corrected chi connectivity index (χ0v) is 12.1. The fraction of sp³-hybridized carbons (Fsp3) is 0.500. The Morgan fingerprint density at radius 2 is 2.06 bits per heavy atom. The smallest absolute Gasteiger partial charge is 0.237 e. The quantitative estimate of drug-likeness (QED) is 0.659. The van der Waals surface area contributed by atoms with Crippen molar-refractivity contribution in [2.75, 3.05) is 13.2 Å². The number of benzene rings is 1. The van der Waals surface area contributed by atoms with E-state index in [9.17, 15) is 4.79 Å². The van der Waals surface area contributed by atoms with Gasteiger partial charge in [-0.2, -0.15) is 0 Å². The van der Waals surface area contributed by atoms with E-state index in [2.05, 4.69) is 18.3 Å². The topological polar surface area (TPSA) is 38.3 Å². The molecule has 0 aliphatic carbocycles. The van der Waals surface area contributed by atoms with Crippen molar-refractivity contribution in [2.24, 2.45) is 0 Å².